The van der Waals surface area contributed by atoms with Gasteiger partial charge in [0.15, 0.2) is 0 Å². The van der Waals surface area contributed by atoms with Gasteiger partial charge in [-0.2, -0.15) is 0 Å². The third-order valence-corrected chi connectivity index (χ3v) is 2.87. The van der Waals surface area contributed by atoms with Gasteiger partial charge in [0.1, 0.15) is 6.04 Å². The quantitative estimate of drug-likeness (QED) is 0.457. The highest BCUT2D eigenvalue weighted by molar-refractivity contribution is 5.89. The monoisotopic (exact) mass is 286 g/mol. The van der Waals surface area contributed by atoms with Crippen LogP contribution in [0.2, 0.25) is 0 Å². The Morgan fingerprint density at radius 2 is 1.80 bits per heavy atom. The summed E-state index contributed by atoms with van der Waals surface area (Å²) in [5, 5.41) is 13.1. The molecule has 0 bridgehead atoms. The number of carboxylic acid groups (broad SMARTS) is 1. The highest BCUT2D eigenvalue weighted by atomic mass is 16.4. The fourth-order valence-corrected chi connectivity index (χ4v) is 1.84. The normalized spacial score (nSPS) is 15.5. The minimum Gasteiger partial charge on any atom is -0.480 e. The van der Waals surface area contributed by atoms with E-state index in [1.165, 1.54) is 0 Å². The van der Waals surface area contributed by atoms with Gasteiger partial charge in [-0.15, -0.1) is 0 Å². The number of carboxylic acids is 1. The van der Waals surface area contributed by atoms with E-state index in [1.54, 1.807) is 4.90 Å². The van der Waals surface area contributed by atoms with Gasteiger partial charge in [-0.25, -0.2) is 9.59 Å². The molecule has 9 heteroatoms. The lowest BCUT2D eigenvalue weighted by atomic mass is 10.2. The van der Waals surface area contributed by atoms with Gasteiger partial charge >= 0.3 is 12.0 Å². The van der Waals surface area contributed by atoms with Gasteiger partial charge in [0, 0.05) is 13.1 Å². The molecule has 0 spiro atoms. The first-order valence-corrected chi connectivity index (χ1v) is 6.23. The van der Waals surface area contributed by atoms with Gasteiger partial charge in [-0.3, -0.25) is 9.59 Å². The Kier molecular flexibility index (Phi) is 5.75. The van der Waals surface area contributed by atoms with Crippen molar-refractivity contribution in [3.05, 3.63) is 0 Å². The highest BCUT2D eigenvalue weighted by Crippen LogP contribution is 2.06. The van der Waals surface area contributed by atoms with Crippen molar-refractivity contribution in [3.63, 3.8) is 0 Å². The van der Waals surface area contributed by atoms with E-state index < -0.39 is 30.4 Å². The molecule has 1 rings (SSSR count). The van der Waals surface area contributed by atoms with Crippen LogP contribution in [-0.2, 0) is 14.4 Å². The average Bonchev–Trinajstić information content (AvgIpc) is 2.88. The molecule has 0 aromatic carbocycles. The molecule has 20 heavy (non-hydrogen) atoms. The molecule has 0 unspecified atom stereocenters. The number of nitrogens with one attached hydrogen (secondary N) is 2. The van der Waals surface area contributed by atoms with E-state index in [2.05, 4.69) is 10.6 Å². The van der Waals surface area contributed by atoms with E-state index in [0.717, 1.165) is 12.8 Å². The summed E-state index contributed by atoms with van der Waals surface area (Å²) in [5.41, 5.74) is 4.88. The van der Waals surface area contributed by atoms with Gasteiger partial charge in [-0.05, 0) is 12.8 Å². The maximum Gasteiger partial charge on any atom is 0.326 e. The van der Waals surface area contributed by atoms with Crippen LogP contribution in [0.15, 0.2) is 0 Å². The molecule has 1 saturated heterocycles. The molecular formula is C11H18N4O5. The van der Waals surface area contributed by atoms with Crippen LogP contribution in [0, 0.1) is 0 Å². The van der Waals surface area contributed by atoms with Crippen LogP contribution in [-0.4, -0.2) is 59.5 Å². The van der Waals surface area contributed by atoms with E-state index in [4.69, 9.17) is 10.8 Å². The lowest BCUT2D eigenvalue weighted by molar-refractivity contribution is -0.140. The van der Waals surface area contributed by atoms with Crippen LogP contribution in [0.4, 0.5) is 4.79 Å². The van der Waals surface area contributed by atoms with E-state index in [1.807, 2.05) is 0 Å². The summed E-state index contributed by atoms with van der Waals surface area (Å²) in [6.45, 7) is 1.12. The molecule has 1 fully saturated rings. The topological polar surface area (TPSA) is 142 Å². The second-order valence-electron chi connectivity index (χ2n) is 4.48. The van der Waals surface area contributed by atoms with Crippen LogP contribution in [0.5, 0.6) is 0 Å². The molecule has 0 aromatic rings. The third kappa shape index (κ3) is 5.12. The van der Waals surface area contributed by atoms with Crippen LogP contribution >= 0.6 is 0 Å². The summed E-state index contributed by atoms with van der Waals surface area (Å²) < 4.78 is 0. The van der Waals surface area contributed by atoms with Gasteiger partial charge in [0.25, 0.3) is 0 Å². The number of amides is 4. The number of carbonyl (C=O) groups is 4. The summed E-state index contributed by atoms with van der Waals surface area (Å²) in [6.07, 6.45) is 1.37. The standard InChI is InChI=1S/C11H18N4O5/c12-8(16)5-7(10(18)19)14-11(20)13-6-9(17)15-3-1-2-4-15/h7H,1-6H2,(H2,12,16)(H,18,19)(H2,13,14,20)/t7-/m1/s1. The molecule has 0 aliphatic carbocycles. The molecule has 4 amide bonds. The predicted octanol–water partition coefficient (Wildman–Crippen LogP) is -1.76. The second-order valence-corrected chi connectivity index (χ2v) is 4.48. The van der Waals surface area contributed by atoms with Gasteiger partial charge in [0.2, 0.25) is 11.8 Å². The number of urea groups is 1. The molecule has 1 atom stereocenters. The first-order valence-electron chi connectivity index (χ1n) is 6.23. The van der Waals surface area contributed by atoms with Crippen molar-refractivity contribution >= 4 is 23.8 Å². The molecule has 0 radical (unpaired) electrons. The van der Waals surface area contributed by atoms with Crippen molar-refractivity contribution in [2.24, 2.45) is 5.73 Å². The number of aliphatic carboxylic acids is 1. The first-order chi connectivity index (χ1) is 9.40. The maximum absolute atomic E-state index is 11.6. The fourth-order valence-electron chi connectivity index (χ4n) is 1.84. The zero-order chi connectivity index (χ0) is 15.1. The van der Waals surface area contributed by atoms with Crippen molar-refractivity contribution in [1.29, 1.82) is 0 Å². The second kappa shape index (κ2) is 7.31. The van der Waals surface area contributed by atoms with Crippen LogP contribution in [0.25, 0.3) is 0 Å². The van der Waals surface area contributed by atoms with Crippen LogP contribution < -0.4 is 16.4 Å². The number of carbonyl (C=O) groups excluding carboxylic acids is 3. The molecule has 1 aliphatic rings. The summed E-state index contributed by atoms with van der Waals surface area (Å²) in [4.78, 5) is 46.2. The smallest absolute Gasteiger partial charge is 0.326 e. The molecule has 9 nitrogen and oxygen atoms in total. The number of nitrogens with zero attached hydrogens (tertiary/aromatic N) is 1. The zero-order valence-corrected chi connectivity index (χ0v) is 10.9. The molecule has 1 aliphatic heterocycles. The predicted molar refractivity (Wildman–Crippen MR) is 67.6 cm³/mol. The Morgan fingerprint density at radius 3 is 2.30 bits per heavy atom. The number of likely N-dealkylation sites (tertiary alicyclic amines) is 1. The van der Waals surface area contributed by atoms with Crippen molar-refractivity contribution in [2.45, 2.75) is 25.3 Å². The van der Waals surface area contributed by atoms with Crippen molar-refractivity contribution < 1.29 is 24.3 Å². The summed E-state index contributed by atoms with van der Waals surface area (Å²) in [7, 11) is 0. The average molecular weight is 286 g/mol. The molecular weight excluding hydrogens is 268 g/mol. The zero-order valence-electron chi connectivity index (χ0n) is 10.9. The maximum atomic E-state index is 11.6. The SMILES string of the molecule is NC(=O)C[C@@H](NC(=O)NCC(=O)N1CCCC1)C(=O)O. The molecule has 5 N–H and O–H groups in total. The fraction of sp³-hybridized carbons (Fsp3) is 0.636. The Hall–Kier alpha value is -2.32. The lowest BCUT2D eigenvalue weighted by Crippen LogP contribution is -2.49. The summed E-state index contributed by atoms with van der Waals surface area (Å²) in [5.74, 6) is -2.44. The molecule has 0 aromatic heterocycles. The van der Waals surface area contributed by atoms with E-state index in [9.17, 15) is 19.2 Å². The van der Waals surface area contributed by atoms with Crippen LogP contribution in [0.1, 0.15) is 19.3 Å². The van der Waals surface area contributed by atoms with Gasteiger partial charge in [-0.1, -0.05) is 0 Å². The molecule has 112 valence electrons. The Labute approximate surface area is 115 Å². The van der Waals surface area contributed by atoms with Crippen molar-refractivity contribution in [3.8, 4) is 0 Å². The van der Waals surface area contributed by atoms with Crippen molar-refractivity contribution in [2.75, 3.05) is 19.6 Å². The Morgan fingerprint density at radius 1 is 1.20 bits per heavy atom. The third-order valence-electron chi connectivity index (χ3n) is 2.87. The van der Waals surface area contributed by atoms with Crippen molar-refractivity contribution in [1.82, 2.24) is 15.5 Å². The lowest BCUT2D eigenvalue weighted by Gasteiger charge is -2.17. The summed E-state index contributed by atoms with van der Waals surface area (Å²) >= 11 is 0. The van der Waals surface area contributed by atoms with Crippen LogP contribution in [0.3, 0.4) is 0 Å². The van der Waals surface area contributed by atoms with E-state index in [0.29, 0.717) is 13.1 Å². The number of hydrogen-bond donors (Lipinski definition) is 4. The number of hydrogen-bond acceptors (Lipinski definition) is 4. The first kappa shape index (κ1) is 15.7. The Balaban J connectivity index is 2.35. The van der Waals surface area contributed by atoms with Gasteiger partial charge < -0.3 is 26.4 Å². The van der Waals surface area contributed by atoms with E-state index in [-0.39, 0.29) is 12.5 Å². The van der Waals surface area contributed by atoms with Gasteiger partial charge in [0.05, 0.1) is 13.0 Å². The Bertz CT molecular complexity index is 406. The largest absolute Gasteiger partial charge is 0.480 e. The number of rotatable bonds is 6. The highest BCUT2D eigenvalue weighted by Gasteiger charge is 2.23. The molecule has 1 heterocycles. The number of primary amides is 1. The molecule has 0 saturated carbocycles. The van der Waals surface area contributed by atoms with E-state index >= 15 is 0 Å². The summed E-state index contributed by atoms with van der Waals surface area (Å²) in [6, 6.07) is -2.24. The minimum absolute atomic E-state index is 0.214. The minimum atomic E-state index is -1.41. The number of nitrogens with two attached hydrogens (primary N) is 1.